The van der Waals surface area contributed by atoms with Crippen LogP contribution in [0.4, 0.5) is 0 Å². The maximum Gasteiger partial charge on any atom is 0.244 e. The van der Waals surface area contributed by atoms with Crippen molar-refractivity contribution >= 4 is 12.0 Å². The Morgan fingerprint density at radius 3 is 2.86 bits per heavy atom. The van der Waals surface area contributed by atoms with Crippen LogP contribution < -0.4 is 10.1 Å². The number of amides is 1. The van der Waals surface area contributed by atoms with Gasteiger partial charge in [-0.05, 0) is 31.2 Å². The molecule has 1 atom stereocenters. The van der Waals surface area contributed by atoms with Crippen molar-refractivity contribution in [2.45, 2.75) is 13.0 Å². The van der Waals surface area contributed by atoms with Gasteiger partial charge in [-0.2, -0.15) is 0 Å². The molecule has 1 amide bonds. The number of furan rings is 1. The highest BCUT2D eigenvalue weighted by Gasteiger charge is 2.14. The predicted octanol–water partition coefficient (Wildman–Crippen LogP) is 2.54. The fraction of sp³-hybridized carbons (Fsp3) is 0.235. The van der Waals surface area contributed by atoms with Crippen LogP contribution in [0.15, 0.2) is 53.2 Å². The highest BCUT2D eigenvalue weighted by molar-refractivity contribution is 5.92. The molecule has 1 heterocycles. The monoisotopic (exact) mass is 301 g/mol. The van der Waals surface area contributed by atoms with Crippen molar-refractivity contribution in [1.29, 1.82) is 0 Å². The molecular formula is C17H19NO4. The van der Waals surface area contributed by atoms with E-state index in [0.717, 1.165) is 11.3 Å². The lowest BCUT2D eigenvalue weighted by Crippen LogP contribution is -2.28. The van der Waals surface area contributed by atoms with Crippen molar-refractivity contribution < 1.29 is 19.1 Å². The van der Waals surface area contributed by atoms with Crippen molar-refractivity contribution in [2.24, 2.45) is 0 Å². The molecule has 2 rings (SSSR count). The molecule has 0 spiro atoms. The Labute approximate surface area is 129 Å². The van der Waals surface area contributed by atoms with Crippen LogP contribution in [-0.4, -0.2) is 24.2 Å². The number of aliphatic hydroxyl groups excluding tert-OH is 1. The molecule has 116 valence electrons. The second kappa shape index (κ2) is 8.05. The number of ether oxygens (including phenoxy) is 1. The Morgan fingerprint density at radius 1 is 1.36 bits per heavy atom. The summed E-state index contributed by atoms with van der Waals surface area (Å²) in [5.41, 5.74) is 0.818. The van der Waals surface area contributed by atoms with Crippen molar-refractivity contribution in [1.82, 2.24) is 5.32 Å². The average Bonchev–Trinajstić information content (AvgIpc) is 3.06. The molecule has 0 bridgehead atoms. The van der Waals surface area contributed by atoms with Gasteiger partial charge in [0.15, 0.2) is 0 Å². The maximum absolute atomic E-state index is 12.0. The fourth-order valence-corrected chi connectivity index (χ4v) is 1.99. The number of carbonyl (C=O) groups excluding carboxylic acids is 1. The second-order valence-corrected chi connectivity index (χ2v) is 4.56. The van der Waals surface area contributed by atoms with Crippen LogP contribution in [0.1, 0.15) is 24.3 Å². The number of nitrogens with one attached hydrogen (secondary N) is 1. The van der Waals surface area contributed by atoms with Crippen LogP contribution in [0.5, 0.6) is 5.75 Å². The number of carbonyl (C=O) groups is 1. The standard InChI is InChI=1S/C17H19NO4/c1-2-21-15-7-4-3-6-13(15)9-10-17(20)18-14(12-19)16-8-5-11-22-16/h3-11,14,19H,2,12H2,1H3,(H,18,20)/b10-9+. The summed E-state index contributed by atoms with van der Waals surface area (Å²) < 4.78 is 10.7. The molecule has 2 aromatic rings. The number of benzene rings is 1. The van der Waals surface area contributed by atoms with Crippen molar-refractivity contribution in [3.63, 3.8) is 0 Å². The van der Waals surface area contributed by atoms with Gasteiger partial charge in [0.1, 0.15) is 17.6 Å². The molecule has 5 nitrogen and oxygen atoms in total. The summed E-state index contributed by atoms with van der Waals surface area (Å²) in [6.45, 7) is 2.23. The van der Waals surface area contributed by atoms with Gasteiger partial charge in [0.05, 0.1) is 19.5 Å². The molecule has 0 aliphatic heterocycles. The van der Waals surface area contributed by atoms with Gasteiger partial charge in [-0.1, -0.05) is 18.2 Å². The second-order valence-electron chi connectivity index (χ2n) is 4.56. The largest absolute Gasteiger partial charge is 0.493 e. The minimum Gasteiger partial charge on any atom is -0.493 e. The molecule has 0 fully saturated rings. The average molecular weight is 301 g/mol. The number of aliphatic hydroxyl groups is 1. The van der Waals surface area contributed by atoms with E-state index < -0.39 is 6.04 Å². The Hall–Kier alpha value is -2.53. The first-order chi connectivity index (χ1) is 10.7. The van der Waals surface area contributed by atoms with Crippen molar-refractivity contribution in [3.8, 4) is 5.75 Å². The number of hydrogen-bond acceptors (Lipinski definition) is 4. The van der Waals surface area contributed by atoms with Crippen LogP contribution >= 0.6 is 0 Å². The fourth-order valence-electron chi connectivity index (χ4n) is 1.99. The number of rotatable bonds is 7. The molecule has 1 aromatic heterocycles. The lowest BCUT2D eigenvalue weighted by Gasteiger charge is -2.12. The van der Waals surface area contributed by atoms with E-state index in [4.69, 9.17) is 9.15 Å². The smallest absolute Gasteiger partial charge is 0.244 e. The Bertz CT molecular complexity index is 619. The first-order valence-corrected chi connectivity index (χ1v) is 7.09. The van der Waals surface area contributed by atoms with Gasteiger partial charge in [-0.3, -0.25) is 4.79 Å². The molecule has 0 radical (unpaired) electrons. The van der Waals surface area contributed by atoms with Crippen molar-refractivity contribution in [3.05, 3.63) is 60.1 Å². The van der Waals surface area contributed by atoms with E-state index >= 15 is 0 Å². The van der Waals surface area contributed by atoms with Gasteiger partial charge in [0, 0.05) is 11.6 Å². The van der Waals surface area contributed by atoms with Crippen LogP contribution in [0.3, 0.4) is 0 Å². The molecule has 0 aliphatic rings. The Balaban J connectivity index is 2.02. The molecule has 0 saturated heterocycles. The SMILES string of the molecule is CCOc1ccccc1/C=C/C(=O)NC(CO)c1ccco1. The molecular weight excluding hydrogens is 282 g/mol. The molecule has 5 heteroatoms. The third-order valence-corrected chi connectivity index (χ3v) is 3.02. The quantitative estimate of drug-likeness (QED) is 0.771. The topological polar surface area (TPSA) is 71.7 Å². The van der Waals surface area contributed by atoms with Gasteiger partial charge in [0.25, 0.3) is 0 Å². The zero-order chi connectivity index (χ0) is 15.8. The van der Waals surface area contributed by atoms with Gasteiger partial charge < -0.3 is 19.6 Å². The maximum atomic E-state index is 12.0. The Kier molecular flexibility index (Phi) is 5.80. The van der Waals surface area contributed by atoms with E-state index in [0.29, 0.717) is 12.4 Å². The summed E-state index contributed by atoms with van der Waals surface area (Å²) >= 11 is 0. The molecule has 1 unspecified atom stereocenters. The minimum absolute atomic E-state index is 0.234. The van der Waals surface area contributed by atoms with E-state index in [2.05, 4.69) is 5.32 Å². The van der Waals surface area contributed by atoms with E-state index in [1.54, 1.807) is 18.2 Å². The molecule has 0 saturated carbocycles. The first kappa shape index (κ1) is 15.9. The van der Waals surface area contributed by atoms with Crippen LogP contribution in [0.25, 0.3) is 6.08 Å². The van der Waals surface area contributed by atoms with Crippen LogP contribution in [0, 0.1) is 0 Å². The normalized spacial score (nSPS) is 12.3. The summed E-state index contributed by atoms with van der Waals surface area (Å²) in [6.07, 6.45) is 4.58. The highest BCUT2D eigenvalue weighted by Crippen LogP contribution is 2.19. The highest BCUT2D eigenvalue weighted by atomic mass is 16.5. The molecule has 0 aliphatic carbocycles. The zero-order valence-electron chi connectivity index (χ0n) is 12.4. The number of para-hydroxylation sites is 1. The van der Waals surface area contributed by atoms with Crippen molar-refractivity contribution in [2.75, 3.05) is 13.2 Å². The molecule has 22 heavy (non-hydrogen) atoms. The predicted molar refractivity (Wildman–Crippen MR) is 83.3 cm³/mol. The van der Waals surface area contributed by atoms with Gasteiger partial charge >= 0.3 is 0 Å². The summed E-state index contributed by atoms with van der Waals surface area (Å²) in [5.74, 6) is 0.916. The Morgan fingerprint density at radius 2 is 2.18 bits per heavy atom. The zero-order valence-corrected chi connectivity index (χ0v) is 12.4. The van der Waals surface area contributed by atoms with E-state index in [9.17, 15) is 9.90 Å². The lowest BCUT2D eigenvalue weighted by molar-refractivity contribution is -0.117. The third kappa shape index (κ3) is 4.23. The molecule has 1 aromatic carbocycles. The summed E-state index contributed by atoms with van der Waals surface area (Å²) in [5, 5.41) is 12.0. The summed E-state index contributed by atoms with van der Waals surface area (Å²) in [6, 6.07) is 10.3. The summed E-state index contributed by atoms with van der Waals surface area (Å²) in [4.78, 5) is 12.0. The van der Waals surface area contributed by atoms with Gasteiger partial charge in [-0.25, -0.2) is 0 Å². The number of hydrogen-bond donors (Lipinski definition) is 2. The molecule has 2 N–H and O–H groups in total. The van der Waals surface area contributed by atoms with E-state index in [-0.39, 0.29) is 12.5 Å². The summed E-state index contributed by atoms with van der Waals surface area (Å²) in [7, 11) is 0. The minimum atomic E-state index is -0.561. The van der Waals surface area contributed by atoms with Crippen LogP contribution in [-0.2, 0) is 4.79 Å². The van der Waals surface area contributed by atoms with Gasteiger partial charge in [-0.15, -0.1) is 0 Å². The van der Waals surface area contributed by atoms with Gasteiger partial charge in [0.2, 0.25) is 5.91 Å². The van der Waals surface area contributed by atoms with E-state index in [1.807, 2.05) is 31.2 Å². The van der Waals surface area contributed by atoms with Crippen LogP contribution in [0.2, 0.25) is 0 Å². The first-order valence-electron chi connectivity index (χ1n) is 7.09. The lowest BCUT2D eigenvalue weighted by atomic mass is 10.2. The third-order valence-electron chi connectivity index (χ3n) is 3.02. The van der Waals surface area contributed by atoms with E-state index in [1.165, 1.54) is 12.3 Å².